The summed E-state index contributed by atoms with van der Waals surface area (Å²) in [6.45, 7) is 2.02. The maximum Gasteiger partial charge on any atom is 0.375 e. The van der Waals surface area contributed by atoms with E-state index in [9.17, 15) is 4.79 Å². The molecule has 0 aliphatic rings. The third-order valence-corrected chi connectivity index (χ3v) is 4.10. The average Bonchev–Trinajstić information content (AvgIpc) is 3.30. The molecule has 0 bridgehead atoms. The van der Waals surface area contributed by atoms with Crippen LogP contribution in [0.2, 0.25) is 0 Å². The van der Waals surface area contributed by atoms with E-state index in [1.807, 2.05) is 30.3 Å². The minimum atomic E-state index is -0.532. The molecule has 0 aliphatic carbocycles. The van der Waals surface area contributed by atoms with Crippen molar-refractivity contribution in [3.63, 3.8) is 0 Å². The van der Waals surface area contributed by atoms with Crippen LogP contribution in [0.5, 0.6) is 0 Å². The second kappa shape index (κ2) is 6.84. The van der Waals surface area contributed by atoms with Crippen LogP contribution in [0.1, 0.15) is 28.6 Å². The number of carbonyl (C=O) groups excluding carboxylic acids is 1. The molecule has 0 fully saturated rings. The van der Waals surface area contributed by atoms with Crippen molar-refractivity contribution in [1.29, 1.82) is 0 Å². The van der Waals surface area contributed by atoms with Crippen molar-refractivity contribution in [1.82, 2.24) is 15.2 Å². The largest absolute Gasteiger partial charge is 0.460 e. The fourth-order valence-electron chi connectivity index (χ4n) is 2.94. The number of esters is 1. The lowest BCUT2D eigenvalue weighted by molar-refractivity contribution is 0.0491. The zero-order valence-corrected chi connectivity index (χ0v) is 14.2. The third-order valence-electron chi connectivity index (χ3n) is 4.10. The zero-order chi connectivity index (χ0) is 17.9. The molecule has 6 nitrogen and oxygen atoms in total. The fourth-order valence-corrected chi connectivity index (χ4v) is 2.94. The first-order chi connectivity index (χ1) is 12.8. The molecule has 2 aromatic heterocycles. The van der Waals surface area contributed by atoms with E-state index in [1.165, 1.54) is 11.8 Å². The van der Waals surface area contributed by atoms with Crippen molar-refractivity contribution < 1.29 is 13.9 Å². The molecule has 4 rings (SSSR count). The number of hydrogen-bond donors (Lipinski definition) is 1. The molecule has 26 heavy (non-hydrogen) atoms. The summed E-state index contributed by atoms with van der Waals surface area (Å²) in [5, 5.41) is 8.30. The van der Waals surface area contributed by atoms with Gasteiger partial charge in [-0.05, 0) is 30.5 Å². The number of aromatic amines is 1. The molecule has 0 atom stereocenters. The maximum atomic E-state index is 11.8. The number of fused-ring (bicyclic) bond motifs is 1. The van der Waals surface area contributed by atoms with Crippen molar-refractivity contribution in [3.05, 3.63) is 71.6 Å². The Kier molecular flexibility index (Phi) is 4.23. The number of ether oxygens (including phenoxy) is 1. The Morgan fingerprint density at radius 1 is 1.15 bits per heavy atom. The molecule has 0 radical (unpaired) electrons. The number of rotatable bonds is 5. The van der Waals surface area contributed by atoms with Crippen molar-refractivity contribution >= 4 is 16.9 Å². The number of carbonyl (C=O) groups is 1. The molecule has 0 spiro atoms. The van der Waals surface area contributed by atoms with Crippen molar-refractivity contribution in [3.8, 4) is 11.6 Å². The number of oxazole rings is 1. The highest BCUT2D eigenvalue weighted by atomic mass is 16.5. The van der Waals surface area contributed by atoms with Crippen LogP contribution >= 0.6 is 0 Å². The lowest BCUT2D eigenvalue weighted by Gasteiger charge is -2.04. The minimum Gasteiger partial charge on any atom is -0.460 e. The van der Waals surface area contributed by atoms with Crippen molar-refractivity contribution in [2.24, 2.45) is 0 Å². The second-order valence-electron chi connectivity index (χ2n) is 5.82. The Bertz CT molecular complexity index is 1050. The van der Waals surface area contributed by atoms with Crippen LogP contribution in [0.15, 0.2) is 59.1 Å². The summed E-state index contributed by atoms with van der Waals surface area (Å²) in [5.41, 5.74) is 3.78. The predicted molar refractivity (Wildman–Crippen MR) is 96.8 cm³/mol. The molecule has 0 saturated heterocycles. The standard InChI is InChI=1S/C20H17N3O3/c1-2-25-20(24)16-12-21-19(26-16)18-17-14(9-6-10-15(17)22-23-18)11-13-7-4-3-5-8-13/h3-10,12H,2,11H2,1H3,(H,22,23). The molecular weight excluding hydrogens is 330 g/mol. The SMILES string of the molecule is CCOC(=O)c1cnc(-c2n[nH]c3cccc(Cc4ccccc4)c23)o1. The van der Waals surface area contributed by atoms with Gasteiger partial charge in [-0.15, -0.1) is 0 Å². The Balaban J connectivity index is 1.76. The highest BCUT2D eigenvalue weighted by Gasteiger charge is 2.20. The van der Waals surface area contributed by atoms with Gasteiger partial charge in [-0.25, -0.2) is 9.78 Å². The van der Waals surface area contributed by atoms with Gasteiger partial charge in [0.2, 0.25) is 11.7 Å². The van der Waals surface area contributed by atoms with Gasteiger partial charge in [-0.1, -0.05) is 42.5 Å². The monoisotopic (exact) mass is 347 g/mol. The zero-order valence-electron chi connectivity index (χ0n) is 14.2. The first kappa shape index (κ1) is 16.1. The number of nitrogens with zero attached hydrogens (tertiary/aromatic N) is 2. The highest BCUT2D eigenvalue weighted by molar-refractivity contribution is 5.94. The van der Waals surface area contributed by atoms with Gasteiger partial charge in [0.1, 0.15) is 0 Å². The van der Waals surface area contributed by atoms with Crippen molar-refractivity contribution in [2.75, 3.05) is 6.61 Å². The van der Waals surface area contributed by atoms with Crippen LogP contribution in [0, 0.1) is 0 Å². The molecular formula is C20H17N3O3. The number of hydrogen-bond acceptors (Lipinski definition) is 5. The molecule has 0 saturated carbocycles. The molecule has 0 unspecified atom stereocenters. The van der Waals surface area contributed by atoms with Crippen molar-refractivity contribution in [2.45, 2.75) is 13.3 Å². The van der Waals surface area contributed by atoms with E-state index in [2.05, 4.69) is 33.4 Å². The number of H-pyrrole nitrogens is 1. The van der Waals surface area contributed by atoms with Gasteiger partial charge in [-0.2, -0.15) is 5.10 Å². The fraction of sp³-hybridized carbons (Fsp3) is 0.150. The van der Waals surface area contributed by atoms with E-state index in [0.29, 0.717) is 11.6 Å². The summed E-state index contributed by atoms with van der Waals surface area (Å²) < 4.78 is 10.5. The maximum absolute atomic E-state index is 11.8. The van der Waals surface area contributed by atoms with Crippen LogP contribution in [-0.4, -0.2) is 27.8 Å². The van der Waals surface area contributed by atoms with Crippen LogP contribution in [0.25, 0.3) is 22.5 Å². The normalized spacial score (nSPS) is 11.0. The molecule has 0 aliphatic heterocycles. The lowest BCUT2D eigenvalue weighted by atomic mass is 10.00. The summed E-state index contributed by atoms with van der Waals surface area (Å²) >= 11 is 0. The smallest absolute Gasteiger partial charge is 0.375 e. The molecule has 0 amide bonds. The lowest BCUT2D eigenvalue weighted by Crippen LogP contribution is -2.02. The average molecular weight is 347 g/mol. The topological polar surface area (TPSA) is 81.0 Å². The van der Waals surface area contributed by atoms with E-state index in [-0.39, 0.29) is 12.4 Å². The Morgan fingerprint density at radius 3 is 2.81 bits per heavy atom. The summed E-state index contributed by atoms with van der Waals surface area (Å²) in [5.74, 6) is -0.172. The molecule has 6 heteroatoms. The van der Waals surface area contributed by atoms with E-state index < -0.39 is 5.97 Å². The first-order valence-electron chi connectivity index (χ1n) is 8.39. The highest BCUT2D eigenvalue weighted by Crippen LogP contribution is 2.30. The van der Waals surface area contributed by atoms with Crippen LogP contribution < -0.4 is 0 Å². The Morgan fingerprint density at radius 2 is 2.00 bits per heavy atom. The van der Waals surface area contributed by atoms with E-state index in [0.717, 1.165) is 22.9 Å². The van der Waals surface area contributed by atoms with Crippen LogP contribution in [0.3, 0.4) is 0 Å². The van der Waals surface area contributed by atoms with Crippen LogP contribution in [0.4, 0.5) is 0 Å². The second-order valence-corrected chi connectivity index (χ2v) is 5.82. The van der Waals surface area contributed by atoms with Gasteiger partial charge in [0.15, 0.2) is 5.69 Å². The molecule has 130 valence electrons. The summed E-state index contributed by atoms with van der Waals surface area (Å²) in [6.07, 6.45) is 2.13. The Labute approximate surface area is 149 Å². The van der Waals surface area contributed by atoms with Gasteiger partial charge in [0.05, 0.1) is 18.3 Å². The summed E-state index contributed by atoms with van der Waals surface area (Å²) in [7, 11) is 0. The van der Waals surface area contributed by atoms with Gasteiger partial charge in [0, 0.05) is 5.39 Å². The van der Waals surface area contributed by atoms with E-state index in [1.54, 1.807) is 6.92 Å². The van der Waals surface area contributed by atoms with E-state index >= 15 is 0 Å². The first-order valence-corrected chi connectivity index (χ1v) is 8.39. The molecule has 2 heterocycles. The molecule has 4 aromatic rings. The predicted octanol–water partition coefficient (Wildman–Crippen LogP) is 3.99. The number of nitrogens with one attached hydrogen (secondary N) is 1. The summed E-state index contributed by atoms with van der Waals surface area (Å²) in [4.78, 5) is 16.0. The quantitative estimate of drug-likeness (QED) is 0.552. The van der Waals surface area contributed by atoms with E-state index in [4.69, 9.17) is 9.15 Å². The number of aromatic nitrogens is 3. The third kappa shape index (κ3) is 2.97. The Hall–Kier alpha value is -3.41. The molecule has 2 aromatic carbocycles. The number of benzene rings is 2. The van der Waals surface area contributed by atoms with Crippen LogP contribution in [-0.2, 0) is 11.2 Å². The van der Waals surface area contributed by atoms with Gasteiger partial charge >= 0.3 is 5.97 Å². The van der Waals surface area contributed by atoms with Gasteiger partial charge in [-0.3, -0.25) is 5.10 Å². The summed E-state index contributed by atoms with van der Waals surface area (Å²) in [6, 6.07) is 16.2. The molecule has 1 N–H and O–H groups in total. The van der Waals surface area contributed by atoms with Gasteiger partial charge in [0.25, 0.3) is 0 Å². The minimum absolute atomic E-state index is 0.0681. The van der Waals surface area contributed by atoms with Gasteiger partial charge < -0.3 is 9.15 Å².